The normalized spacial score (nSPS) is 25.1. The number of hydrogen-bond acceptors (Lipinski definition) is 3. The fourth-order valence-corrected chi connectivity index (χ4v) is 5.07. The molecule has 4 rings (SSSR count). The molecule has 0 spiro atoms. The Bertz CT molecular complexity index is 621. The summed E-state index contributed by atoms with van der Waals surface area (Å²) in [6, 6.07) is 7.32. The molecule has 2 heterocycles. The third-order valence-corrected chi connectivity index (χ3v) is 6.71. The molecular weight excluding hydrogens is 341 g/mol. The summed E-state index contributed by atoms with van der Waals surface area (Å²) < 4.78 is 13.1. The Morgan fingerprint density at radius 1 is 0.926 bits per heavy atom. The third kappa shape index (κ3) is 4.63. The lowest BCUT2D eigenvalue weighted by Crippen LogP contribution is -2.56. The fraction of sp³-hybridized carbons (Fsp3) is 0.682. The monoisotopic (exact) mass is 373 g/mol. The van der Waals surface area contributed by atoms with Gasteiger partial charge in [0.05, 0.1) is 0 Å². The van der Waals surface area contributed by atoms with E-state index in [1.54, 1.807) is 0 Å². The maximum Gasteiger partial charge on any atom is 0.222 e. The van der Waals surface area contributed by atoms with Gasteiger partial charge < -0.3 is 9.80 Å². The zero-order valence-electron chi connectivity index (χ0n) is 16.3. The Labute approximate surface area is 162 Å². The molecule has 27 heavy (non-hydrogen) atoms. The highest BCUT2D eigenvalue weighted by Crippen LogP contribution is 2.29. The Hall–Kier alpha value is -1.62. The Balaban J connectivity index is 1.27. The van der Waals surface area contributed by atoms with Gasteiger partial charge in [-0.05, 0) is 55.9 Å². The van der Waals surface area contributed by atoms with Crippen molar-refractivity contribution < 1.29 is 9.18 Å². The number of carbonyl (C=O) groups is 1. The lowest BCUT2D eigenvalue weighted by Gasteiger charge is -2.44. The van der Waals surface area contributed by atoms with Crippen LogP contribution in [0.5, 0.6) is 0 Å². The van der Waals surface area contributed by atoms with Crippen molar-refractivity contribution in [2.75, 3.05) is 44.2 Å². The van der Waals surface area contributed by atoms with Crippen molar-refractivity contribution in [2.45, 2.75) is 51.0 Å². The minimum absolute atomic E-state index is 0.179. The van der Waals surface area contributed by atoms with E-state index in [9.17, 15) is 9.18 Å². The van der Waals surface area contributed by atoms with Gasteiger partial charge in [0.25, 0.3) is 0 Å². The minimum Gasteiger partial charge on any atom is -0.369 e. The second-order valence-electron chi connectivity index (χ2n) is 8.49. The van der Waals surface area contributed by atoms with Crippen molar-refractivity contribution in [3.63, 3.8) is 0 Å². The number of nitrogens with zero attached hydrogens (tertiary/aromatic N) is 3. The molecule has 2 aliphatic heterocycles. The third-order valence-electron chi connectivity index (χ3n) is 6.71. The summed E-state index contributed by atoms with van der Waals surface area (Å²) in [5.74, 6) is 0.843. The molecule has 0 bridgehead atoms. The first kappa shape index (κ1) is 18.7. The summed E-state index contributed by atoms with van der Waals surface area (Å²) in [4.78, 5) is 19.8. The number of amides is 1. The standard InChI is InChI=1S/C22H32FN3O/c23-19-7-9-20(10-8-19)24-12-14-25(15-13-24)21-6-3-11-26(17-21)22(27)16-18-4-1-2-5-18/h7-10,18,21H,1-6,11-17H2. The van der Waals surface area contributed by atoms with Gasteiger partial charge in [-0.25, -0.2) is 4.39 Å². The van der Waals surface area contributed by atoms with Crippen molar-refractivity contribution in [2.24, 2.45) is 5.92 Å². The molecule has 1 amide bonds. The quantitative estimate of drug-likeness (QED) is 0.808. The summed E-state index contributed by atoms with van der Waals surface area (Å²) in [6.07, 6.45) is 8.19. The molecule has 4 nitrogen and oxygen atoms in total. The molecule has 0 radical (unpaired) electrons. The Morgan fingerprint density at radius 3 is 2.33 bits per heavy atom. The van der Waals surface area contributed by atoms with E-state index in [4.69, 9.17) is 0 Å². The van der Waals surface area contributed by atoms with Gasteiger partial charge in [-0.1, -0.05) is 12.8 Å². The first-order valence-electron chi connectivity index (χ1n) is 10.7. The summed E-state index contributed by atoms with van der Waals surface area (Å²) in [5, 5.41) is 0. The number of likely N-dealkylation sites (tertiary alicyclic amines) is 1. The SMILES string of the molecule is O=C(CC1CCCC1)N1CCCC(N2CCN(c3ccc(F)cc3)CC2)C1. The number of piperazine rings is 1. The smallest absolute Gasteiger partial charge is 0.222 e. The van der Waals surface area contributed by atoms with Gasteiger partial charge >= 0.3 is 0 Å². The van der Waals surface area contributed by atoms with E-state index in [-0.39, 0.29) is 5.82 Å². The van der Waals surface area contributed by atoms with Crippen LogP contribution in [0.15, 0.2) is 24.3 Å². The van der Waals surface area contributed by atoms with Crippen LogP contribution < -0.4 is 4.90 Å². The molecule has 0 N–H and O–H groups in total. The highest BCUT2D eigenvalue weighted by atomic mass is 19.1. The predicted octanol–water partition coefficient (Wildman–Crippen LogP) is 3.52. The van der Waals surface area contributed by atoms with Crippen LogP contribution in [0.4, 0.5) is 10.1 Å². The summed E-state index contributed by atoms with van der Waals surface area (Å²) in [5.41, 5.74) is 1.10. The average molecular weight is 374 g/mol. The summed E-state index contributed by atoms with van der Waals surface area (Å²) in [7, 11) is 0. The number of benzene rings is 1. The van der Waals surface area contributed by atoms with Gasteiger partial charge in [0, 0.05) is 57.4 Å². The van der Waals surface area contributed by atoms with Crippen LogP contribution in [0.1, 0.15) is 44.9 Å². The van der Waals surface area contributed by atoms with E-state index < -0.39 is 0 Å². The number of piperidine rings is 1. The van der Waals surface area contributed by atoms with Crippen molar-refractivity contribution in [1.29, 1.82) is 0 Å². The van der Waals surface area contributed by atoms with E-state index in [2.05, 4.69) is 14.7 Å². The second-order valence-corrected chi connectivity index (χ2v) is 8.49. The summed E-state index contributed by atoms with van der Waals surface area (Å²) in [6.45, 7) is 5.83. The van der Waals surface area contributed by atoms with Crippen molar-refractivity contribution >= 4 is 11.6 Å². The number of carbonyl (C=O) groups excluding carboxylic acids is 1. The molecule has 0 aromatic heterocycles. The molecule has 1 unspecified atom stereocenters. The van der Waals surface area contributed by atoms with Crippen molar-refractivity contribution in [1.82, 2.24) is 9.80 Å². The zero-order valence-corrected chi connectivity index (χ0v) is 16.3. The van der Waals surface area contributed by atoms with Gasteiger partial charge in [-0.15, -0.1) is 0 Å². The van der Waals surface area contributed by atoms with Gasteiger partial charge in [-0.2, -0.15) is 0 Å². The molecule has 1 atom stereocenters. The van der Waals surface area contributed by atoms with Crippen LogP contribution in [0, 0.1) is 11.7 Å². The van der Waals surface area contributed by atoms with Crippen molar-refractivity contribution in [3.05, 3.63) is 30.1 Å². The Kier molecular flexibility index (Phi) is 5.96. The van der Waals surface area contributed by atoms with E-state index >= 15 is 0 Å². The average Bonchev–Trinajstić information content (AvgIpc) is 3.22. The van der Waals surface area contributed by atoms with E-state index in [1.165, 1.54) is 44.2 Å². The maximum absolute atomic E-state index is 13.1. The number of halogens is 1. The van der Waals surface area contributed by atoms with E-state index in [0.29, 0.717) is 17.9 Å². The lowest BCUT2D eigenvalue weighted by atomic mass is 9.99. The molecule has 1 aromatic rings. The summed E-state index contributed by atoms with van der Waals surface area (Å²) >= 11 is 0. The highest BCUT2D eigenvalue weighted by molar-refractivity contribution is 5.76. The lowest BCUT2D eigenvalue weighted by molar-refractivity contribution is -0.134. The largest absolute Gasteiger partial charge is 0.369 e. The van der Waals surface area contributed by atoms with Gasteiger partial charge in [-0.3, -0.25) is 9.69 Å². The fourth-order valence-electron chi connectivity index (χ4n) is 5.07. The molecule has 1 aromatic carbocycles. The number of rotatable bonds is 4. The molecule has 1 saturated carbocycles. The van der Waals surface area contributed by atoms with E-state index in [0.717, 1.165) is 57.8 Å². The first-order valence-corrected chi connectivity index (χ1v) is 10.7. The van der Waals surface area contributed by atoms with Crippen LogP contribution in [-0.4, -0.2) is 61.0 Å². The molecular formula is C22H32FN3O. The number of hydrogen-bond donors (Lipinski definition) is 0. The molecule has 1 aliphatic carbocycles. The van der Waals surface area contributed by atoms with E-state index in [1.807, 2.05) is 12.1 Å². The van der Waals surface area contributed by atoms with Crippen LogP contribution >= 0.6 is 0 Å². The first-order chi connectivity index (χ1) is 13.2. The van der Waals surface area contributed by atoms with Crippen LogP contribution in [0.3, 0.4) is 0 Å². The molecule has 3 fully saturated rings. The molecule has 3 aliphatic rings. The predicted molar refractivity (Wildman–Crippen MR) is 106 cm³/mol. The Morgan fingerprint density at radius 2 is 1.63 bits per heavy atom. The van der Waals surface area contributed by atoms with Crippen LogP contribution in [-0.2, 0) is 4.79 Å². The zero-order chi connectivity index (χ0) is 18.6. The van der Waals surface area contributed by atoms with Gasteiger partial charge in [0.15, 0.2) is 0 Å². The number of anilines is 1. The van der Waals surface area contributed by atoms with Gasteiger partial charge in [0.1, 0.15) is 5.82 Å². The van der Waals surface area contributed by atoms with Gasteiger partial charge in [0.2, 0.25) is 5.91 Å². The van der Waals surface area contributed by atoms with Crippen LogP contribution in [0.2, 0.25) is 0 Å². The van der Waals surface area contributed by atoms with Crippen molar-refractivity contribution in [3.8, 4) is 0 Å². The topological polar surface area (TPSA) is 26.8 Å². The van der Waals surface area contributed by atoms with Crippen LogP contribution in [0.25, 0.3) is 0 Å². The highest BCUT2D eigenvalue weighted by Gasteiger charge is 2.31. The minimum atomic E-state index is -0.179. The maximum atomic E-state index is 13.1. The molecule has 2 saturated heterocycles. The second kappa shape index (κ2) is 8.59. The molecule has 5 heteroatoms. The molecule has 148 valence electrons.